The van der Waals surface area contributed by atoms with Crippen molar-refractivity contribution in [2.75, 3.05) is 0 Å². The fourth-order valence-corrected chi connectivity index (χ4v) is 2.92. The van der Waals surface area contributed by atoms with Crippen LogP contribution in [0, 0.1) is 0 Å². The van der Waals surface area contributed by atoms with E-state index < -0.39 is 5.54 Å². The normalized spacial score (nSPS) is 14.4. The fourth-order valence-electron chi connectivity index (χ4n) is 1.76. The molecule has 5 nitrogen and oxygen atoms in total. The van der Waals surface area contributed by atoms with Gasteiger partial charge in [-0.15, -0.1) is 0 Å². The van der Waals surface area contributed by atoms with Gasteiger partial charge < -0.3 is 10.3 Å². The Bertz CT molecular complexity index is 583. The zero-order valence-electron chi connectivity index (χ0n) is 10.7. The van der Waals surface area contributed by atoms with Crippen LogP contribution >= 0.6 is 31.9 Å². The molecule has 1 unspecified atom stereocenters. The van der Waals surface area contributed by atoms with E-state index in [0.29, 0.717) is 17.4 Å². The zero-order valence-corrected chi connectivity index (χ0v) is 13.8. The van der Waals surface area contributed by atoms with Gasteiger partial charge in [-0.3, -0.25) is 4.98 Å². The van der Waals surface area contributed by atoms with Gasteiger partial charge in [0.25, 0.3) is 0 Å². The van der Waals surface area contributed by atoms with Crippen molar-refractivity contribution in [2.45, 2.75) is 32.2 Å². The lowest BCUT2D eigenvalue weighted by Gasteiger charge is -2.18. The van der Waals surface area contributed by atoms with E-state index in [9.17, 15) is 0 Å². The molecule has 2 heterocycles. The van der Waals surface area contributed by atoms with Crippen LogP contribution in [0.15, 0.2) is 25.7 Å². The Morgan fingerprint density at radius 2 is 2.16 bits per heavy atom. The maximum absolute atomic E-state index is 6.17. The zero-order chi connectivity index (χ0) is 14.0. The summed E-state index contributed by atoms with van der Waals surface area (Å²) in [5.41, 5.74) is 6.19. The van der Waals surface area contributed by atoms with Crippen LogP contribution < -0.4 is 5.73 Å². The van der Waals surface area contributed by atoms with Crippen LogP contribution in [0.1, 0.15) is 32.6 Å². The first kappa shape index (κ1) is 14.6. The molecule has 19 heavy (non-hydrogen) atoms. The average molecular weight is 390 g/mol. The second-order valence-electron chi connectivity index (χ2n) is 4.57. The van der Waals surface area contributed by atoms with Crippen molar-refractivity contribution in [1.29, 1.82) is 0 Å². The number of aromatic nitrogens is 3. The second kappa shape index (κ2) is 5.68. The van der Waals surface area contributed by atoms with Crippen LogP contribution in [-0.4, -0.2) is 15.1 Å². The van der Waals surface area contributed by atoms with E-state index in [4.69, 9.17) is 10.3 Å². The van der Waals surface area contributed by atoms with E-state index in [-0.39, 0.29) is 0 Å². The molecule has 2 rings (SSSR count). The summed E-state index contributed by atoms with van der Waals surface area (Å²) >= 11 is 6.78. The number of nitrogens with two attached hydrogens (primary N) is 1. The topological polar surface area (TPSA) is 77.8 Å². The smallest absolute Gasteiger partial charge is 0.246 e. The van der Waals surface area contributed by atoms with Gasteiger partial charge in [0.15, 0.2) is 0 Å². The van der Waals surface area contributed by atoms with Gasteiger partial charge in [0, 0.05) is 15.1 Å². The summed E-state index contributed by atoms with van der Waals surface area (Å²) in [4.78, 5) is 8.62. The molecular weight excluding hydrogens is 376 g/mol. The van der Waals surface area contributed by atoms with Gasteiger partial charge in [-0.2, -0.15) is 4.98 Å². The summed E-state index contributed by atoms with van der Waals surface area (Å²) in [5.74, 6) is 0.864. The van der Waals surface area contributed by atoms with Crippen LogP contribution in [0.3, 0.4) is 0 Å². The maximum Gasteiger partial charge on any atom is 0.246 e. The molecule has 7 heteroatoms. The Kier molecular flexibility index (Phi) is 4.37. The van der Waals surface area contributed by atoms with Gasteiger partial charge in [-0.05, 0) is 51.3 Å². The molecule has 0 aliphatic heterocycles. The highest BCUT2D eigenvalue weighted by Crippen LogP contribution is 2.28. The van der Waals surface area contributed by atoms with E-state index in [1.54, 1.807) is 6.20 Å². The summed E-state index contributed by atoms with van der Waals surface area (Å²) in [5, 5.41) is 3.95. The van der Waals surface area contributed by atoms with Crippen molar-refractivity contribution in [3.05, 3.63) is 27.1 Å². The standard InChI is InChI=1S/C12H14Br2N4O/c1-3-4-12(2,15)11-17-10(18-19-11)9-8(14)5-7(13)6-16-9/h5-6H,3-4,15H2,1-2H3. The summed E-state index contributed by atoms with van der Waals surface area (Å²) in [7, 11) is 0. The quantitative estimate of drug-likeness (QED) is 0.863. The molecule has 0 aliphatic rings. The summed E-state index contributed by atoms with van der Waals surface area (Å²) < 4.78 is 6.93. The van der Waals surface area contributed by atoms with Gasteiger partial charge in [-0.25, -0.2) is 0 Å². The van der Waals surface area contributed by atoms with Crippen molar-refractivity contribution < 1.29 is 4.52 Å². The Labute approximate surface area is 128 Å². The maximum atomic E-state index is 6.17. The summed E-state index contributed by atoms with van der Waals surface area (Å²) in [6.07, 6.45) is 3.42. The number of halogens is 2. The SMILES string of the molecule is CCCC(C)(N)c1nc(-c2ncc(Br)cc2Br)no1. The molecular formula is C12H14Br2N4O. The van der Waals surface area contributed by atoms with Crippen LogP contribution in [0.4, 0.5) is 0 Å². The Hall–Kier alpha value is -0.790. The van der Waals surface area contributed by atoms with E-state index in [1.807, 2.05) is 13.0 Å². The van der Waals surface area contributed by atoms with Gasteiger partial charge >= 0.3 is 0 Å². The molecule has 0 saturated carbocycles. The first-order chi connectivity index (χ1) is 8.94. The molecule has 0 aromatic carbocycles. The molecule has 0 saturated heterocycles. The van der Waals surface area contributed by atoms with E-state index in [2.05, 4.69) is 53.9 Å². The molecule has 2 aromatic rings. The van der Waals surface area contributed by atoms with Gasteiger partial charge in [0.05, 0.1) is 5.54 Å². The van der Waals surface area contributed by atoms with E-state index in [1.165, 1.54) is 0 Å². The number of pyridine rings is 1. The molecule has 0 spiro atoms. The Morgan fingerprint density at radius 1 is 1.42 bits per heavy atom. The average Bonchev–Trinajstić information content (AvgIpc) is 2.78. The van der Waals surface area contributed by atoms with Crippen molar-refractivity contribution in [3.63, 3.8) is 0 Å². The van der Waals surface area contributed by atoms with Gasteiger partial charge in [0.2, 0.25) is 11.7 Å². The molecule has 2 N–H and O–H groups in total. The minimum Gasteiger partial charge on any atom is -0.337 e. The Morgan fingerprint density at radius 3 is 2.79 bits per heavy atom. The minimum atomic E-state index is -0.609. The lowest BCUT2D eigenvalue weighted by Crippen LogP contribution is -2.33. The van der Waals surface area contributed by atoms with E-state index >= 15 is 0 Å². The Balaban J connectivity index is 2.35. The lowest BCUT2D eigenvalue weighted by atomic mass is 9.98. The molecule has 2 aromatic heterocycles. The van der Waals surface area contributed by atoms with Crippen molar-refractivity contribution in [2.24, 2.45) is 5.73 Å². The highest BCUT2D eigenvalue weighted by atomic mass is 79.9. The molecule has 0 radical (unpaired) electrons. The number of hydrogen-bond acceptors (Lipinski definition) is 5. The number of nitrogens with zero attached hydrogens (tertiary/aromatic N) is 3. The largest absolute Gasteiger partial charge is 0.337 e. The highest BCUT2D eigenvalue weighted by Gasteiger charge is 2.28. The lowest BCUT2D eigenvalue weighted by molar-refractivity contribution is 0.284. The number of hydrogen-bond donors (Lipinski definition) is 1. The van der Waals surface area contributed by atoms with Crippen LogP contribution in [0.25, 0.3) is 11.5 Å². The van der Waals surface area contributed by atoms with Crippen molar-refractivity contribution >= 4 is 31.9 Å². The summed E-state index contributed by atoms with van der Waals surface area (Å²) in [6, 6.07) is 1.88. The van der Waals surface area contributed by atoms with Crippen LogP contribution in [-0.2, 0) is 5.54 Å². The second-order valence-corrected chi connectivity index (χ2v) is 6.34. The third-order valence-corrected chi connectivity index (χ3v) is 3.74. The molecule has 0 amide bonds. The van der Waals surface area contributed by atoms with Crippen molar-refractivity contribution in [1.82, 2.24) is 15.1 Å². The number of rotatable bonds is 4. The molecule has 102 valence electrons. The third kappa shape index (κ3) is 3.21. The molecule has 0 aliphatic carbocycles. The molecule has 1 atom stereocenters. The van der Waals surface area contributed by atoms with Crippen LogP contribution in [0.5, 0.6) is 0 Å². The first-order valence-corrected chi connectivity index (χ1v) is 7.47. The monoisotopic (exact) mass is 388 g/mol. The predicted octanol–water partition coefficient (Wildman–Crippen LogP) is 3.63. The highest BCUT2D eigenvalue weighted by molar-refractivity contribution is 9.11. The van der Waals surface area contributed by atoms with Crippen LogP contribution in [0.2, 0.25) is 0 Å². The van der Waals surface area contributed by atoms with E-state index in [0.717, 1.165) is 21.8 Å². The van der Waals surface area contributed by atoms with Gasteiger partial charge in [-0.1, -0.05) is 18.5 Å². The summed E-state index contributed by atoms with van der Waals surface area (Å²) in [6.45, 7) is 3.95. The predicted molar refractivity (Wildman–Crippen MR) is 79.4 cm³/mol. The third-order valence-electron chi connectivity index (χ3n) is 2.70. The van der Waals surface area contributed by atoms with Gasteiger partial charge in [0.1, 0.15) is 5.69 Å². The van der Waals surface area contributed by atoms with Crippen molar-refractivity contribution in [3.8, 4) is 11.5 Å². The fraction of sp³-hybridized carbons (Fsp3) is 0.417. The first-order valence-electron chi connectivity index (χ1n) is 5.88. The molecule has 0 fully saturated rings. The molecule has 0 bridgehead atoms. The minimum absolute atomic E-state index is 0.431.